The highest BCUT2D eigenvalue weighted by atomic mass is 32.2. The smallest absolute Gasteiger partial charge is 0.237 e. The van der Waals surface area contributed by atoms with Gasteiger partial charge >= 0.3 is 0 Å². The first-order valence-corrected chi connectivity index (χ1v) is 7.41. The number of carbonyl (C=O) groups is 1. The van der Waals surface area contributed by atoms with E-state index in [-0.39, 0.29) is 17.9 Å². The van der Waals surface area contributed by atoms with Crippen molar-refractivity contribution >= 4 is 17.7 Å². The van der Waals surface area contributed by atoms with Crippen LogP contribution in [0.1, 0.15) is 33.1 Å². The normalized spacial score (nSPS) is 21.4. The van der Waals surface area contributed by atoms with Crippen molar-refractivity contribution in [3.63, 3.8) is 0 Å². The molecular weight excluding hydrogens is 220 g/mol. The maximum absolute atomic E-state index is 11.7. The van der Waals surface area contributed by atoms with Gasteiger partial charge in [0.2, 0.25) is 5.91 Å². The van der Waals surface area contributed by atoms with Crippen LogP contribution in [0.2, 0.25) is 0 Å². The minimum atomic E-state index is -0.344. The van der Waals surface area contributed by atoms with E-state index in [0.29, 0.717) is 5.92 Å². The molecule has 0 bridgehead atoms. The number of nitrogens with two attached hydrogens (primary N) is 1. The van der Waals surface area contributed by atoms with Crippen molar-refractivity contribution in [3.05, 3.63) is 0 Å². The minimum Gasteiger partial charge on any atom is -0.354 e. The summed E-state index contributed by atoms with van der Waals surface area (Å²) in [6.07, 6.45) is 3.40. The van der Waals surface area contributed by atoms with E-state index in [2.05, 4.69) is 12.2 Å². The Balaban J connectivity index is 2.23. The summed E-state index contributed by atoms with van der Waals surface area (Å²) in [6.45, 7) is 4.90. The molecule has 3 nitrogen and oxygen atoms in total. The first kappa shape index (κ1) is 13.8. The van der Waals surface area contributed by atoms with Gasteiger partial charge in [0.1, 0.15) is 0 Å². The lowest BCUT2D eigenvalue weighted by Gasteiger charge is -2.23. The van der Waals surface area contributed by atoms with Gasteiger partial charge in [0.05, 0.1) is 6.04 Å². The second-order valence-electron chi connectivity index (χ2n) is 4.71. The quantitative estimate of drug-likeness (QED) is 0.772. The van der Waals surface area contributed by atoms with Crippen molar-refractivity contribution in [1.29, 1.82) is 0 Å². The molecule has 0 radical (unpaired) electrons. The van der Waals surface area contributed by atoms with E-state index in [0.717, 1.165) is 13.0 Å². The third kappa shape index (κ3) is 4.34. The average molecular weight is 244 g/mol. The van der Waals surface area contributed by atoms with Crippen LogP contribution in [0.5, 0.6) is 0 Å². The van der Waals surface area contributed by atoms with Crippen LogP contribution in [-0.2, 0) is 4.79 Å². The highest BCUT2D eigenvalue weighted by Gasteiger charge is 2.20. The van der Waals surface area contributed by atoms with Crippen LogP contribution < -0.4 is 11.1 Å². The lowest BCUT2D eigenvalue weighted by atomic mass is 9.98. The zero-order valence-electron chi connectivity index (χ0n) is 10.4. The van der Waals surface area contributed by atoms with E-state index in [1.54, 1.807) is 0 Å². The van der Waals surface area contributed by atoms with Gasteiger partial charge in [0, 0.05) is 6.54 Å². The molecule has 16 heavy (non-hydrogen) atoms. The number of rotatable bonds is 5. The first-order valence-electron chi connectivity index (χ1n) is 6.26. The molecule has 1 aliphatic heterocycles. The summed E-state index contributed by atoms with van der Waals surface area (Å²) in [7, 11) is 0. The Hall–Kier alpha value is -0.220. The fraction of sp³-hybridized carbons (Fsp3) is 0.917. The predicted octanol–water partition coefficient (Wildman–Crippen LogP) is 1.62. The lowest BCUT2D eigenvalue weighted by Crippen LogP contribution is -2.46. The van der Waals surface area contributed by atoms with Crippen LogP contribution in [0, 0.1) is 11.8 Å². The van der Waals surface area contributed by atoms with Crippen molar-refractivity contribution in [1.82, 2.24) is 5.32 Å². The number of carbonyl (C=O) groups excluding carboxylic acids is 1. The molecule has 1 amide bonds. The maximum atomic E-state index is 11.7. The average Bonchev–Trinajstić information content (AvgIpc) is 2.35. The Morgan fingerprint density at radius 3 is 2.69 bits per heavy atom. The SMILES string of the molecule is CCC(C)[C@H](N)C(=O)NCC1CCSCC1. The number of amides is 1. The molecular formula is C12H24N2OS. The molecule has 0 spiro atoms. The Bertz CT molecular complexity index is 217. The molecule has 0 aromatic rings. The van der Waals surface area contributed by atoms with Crippen molar-refractivity contribution < 1.29 is 4.79 Å². The van der Waals surface area contributed by atoms with E-state index in [9.17, 15) is 4.79 Å². The van der Waals surface area contributed by atoms with Crippen LogP contribution in [-0.4, -0.2) is 30.0 Å². The van der Waals surface area contributed by atoms with Crippen LogP contribution >= 0.6 is 11.8 Å². The van der Waals surface area contributed by atoms with Crippen molar-refractivity contribution in [2.75, 3.05) is 18.1 Å². The molecule has 1 rings (SSSR count). The summed E-state index contributed by atoms with van der Waals surface area (Å²) in [5.74, 6) is 3.42. The van der Waals surface area contributed by atoms with Gasteiger partial charge in [-0.2, -0.15) is 11.8 Å². The minimum absolute atomic E-state index is 0.0209. The molecule has 3 N–H and O–H groups in total. The fourth-order valence-electron chi connectivity index (χ4n) is 1.83. The highest BCUT2D eigenvalue weighted by Crippen LogP contribution is 2.21. The number of hydrogen-bond donors (Lipinski definition) is 2. The van der Waals surface area contributed by atoms with E-state index in [4.69, 9.17) is 5.73 Å². The molecule has 1 saturated heterocycles. The molecule has 94 valence electrons. The van der Waals surface area contributed by atoms with E-state index >= 15 is 0 Å². The lowest BCUT2D eigenvalue weighted by molar-refractivity contribution is -0.123. The predicted molar refractivity (Wildman–Crippen MR) is 70.5 cm³/mol. The van der Waals surface area contributed by atoms with Gasteiger partial charge < -0.3 is 11.1 Å². The van der Waals surface area contributed by atoms with Crippen LogP contribution in [0.4, 0.5) is 0 Å². The van der Waals surface area contributed by atoms with Gasteiger partial charge in [-0.1, -0.05) is 20.3 Å². The number of thioether (sulfide) groups is 1. The van der Waals surface area contributed by atoms with Gasteiger partial charge in [-0.25, -0.2) is 0 Å². The number of hydrogen-bond acceptors (Lipinski definition) is 3. The molecule has 1 unspecified atom stereocenters. The largest absolute Gasteiger partial charge is 0.354 e. The monoisotopic (exact) mass is 244 g/mol. The Labute approximate surface area is 103 Å². The van der Waals surface area contributed by atoms with Crippen molar-refractivity contribution in [2.45, 2.75) is 39.2 Å². The van der Waals surface area contributed by atoms with Gasteiger partial charge in [-0.15, -0.1) is 0 Å². The zero-order chi connectivity index (χ0) is 12.0. The molecule has 1 aliphatic rings. The van der Waals surface area contributed by atoms with Crippen LogP contribution in [0.3, 0.4) is 0 Å². The molecule has 0 aromatic heterocycles. The Morgan fingerprint density at radius 2 is 2.12 bits per heavy atom. The van der Waals surface area contributed by atoms with Crippen LogP contribution in [0.25, 0.3) is 0 Å². The third-order valence-electron chi connectivity index (χ3n) is 3.47. The summed E-state index contributed by atoms with van der Waals surface area (Å²) in [5.41, 5.74) is 5.87. The molecule has 0 saturated carbocycles. The second-order valence-corrected chi connectivity index (χ2v) is 5.94. The molecule has 0 aliphatic carbocycles. The zero-order valence-corrected chi connectivity index (χ0v) is 11.2. The highest BCUT2D eigenvalue weighted by molar-refractivity contribution is 7.99. The van der Waals surface area contributed by atoms with E-state index in [1.165, 1.54) is 24.3 Å². The van der Waals surface area contributed by atoms with E-state index in [1.807, 2.05) is 18.7 Å². The van der Waals surface area contributed by atoms with Crippen molar-refractivity contribution in [3.8, 4) is 0 Å². The summed E-state index contributed by atoms with van der Waals surface area (Å²) >= 11 is 2.01. The van der Waals surface area contributed by atoms with Gasteiger partial charge in [-0.3, -0.25) is 4.79 Å². The summed E-state index contributed by atoms with van der Waals surface area (Å²) in [4.78, 5) is 11.7. The second kappa shape index (κ2) is 7.17. The van der Waals surface area contributed by atoms with Crippen LogP contribution in [0.15, 0.2) is 0 Å². The maximum Gasteiger partial charge on any atom is 0.237 e. The Kier molecular flexibility index (Phi) is 6.21. The van der Waals surface area contributed by atoms with Gasteiger partial charge in [0.15, 0.2) is 0 Å². The summed E-state index contributed by atoms with van der Waals surface area (Å²) in [5, 5.41) is 2.99. The summed E-state index contributed by atoms with van der Waals surface area (Å²) in [6, 6.07) is -0.344. The third-order valence-corrected chi connectivity index (χ3v) is 4.51. The fourth-order valence-corrected chi connectivity index (χ4v) is 3.03. The summed E-state index contributed by atoms with van der Waals surface area (Å²) < 4.78 is 0. The van der Waals surface area contributed by atoms with Gasteiger partial charge in [0.25, 0.3) is 0 Å². The molecule has 2 atom stereocenters. The van der Waals surface area contributed by atoms with Gasteiger partial charge in [-0.05, 0) is 36.2 Å². The topological polar surface area (TPSA) is 55.1 Å². The number of nitrogens with one attached hydrogen (secondary N) is 1. The molecule has 1 heterocycles. The van der Waals surface area contributed by atoms with E-state index < -0.39 is 0 Å². The molecule has 0 aromatic carbocycles. The Morgan fingerprint density at radius 1 is 1.50 bits per heavy atom. The first-order chi connectivity index (χ1) is 7.65. The van der Waals surface area contributed by atoms with Crippen molar-refractivity contribution in [2.24, 2.45) is 17.6 Å². The molecule has 4 heteroatoms. The molecule has 1 fully saturated rings. The standard InChI is InChI=1S/C12H24N2OS/c1-3-9(2)11(13)12(15)14-8-10-4-6-16-7-5-10/h9-11H,3-8,13H2,1-2H3,(H,14,15)/t9?,11-/m0/s1.